The Morgan fingerprint density at radius 3 is 2.30 bits per heavy atom. The number of carboxylic acids is 1. The Morgan fingerprint density at radius 1 is 1.00 bits per heavy atom. The molecule has 0 atom stereocenters. The summed E-state index contributed by atoms with van der Waals surface area (Å²) in [7, 11) is -3.96. The first kappa shape index (κ1) is 18.5. The molecular weight excluding hydrogens is 390 g/mol. The highest BCUT2D eigenvalue weighted by atomic mass is 32.2. The van der Waals surface area contributed by atoms with Crippen LogP contribution in [0.4, 0.5) is 10.8 Å². The van der Waals surface area contributed by atoms with Crippen LogP contribution in [0.5, 0.6) is 0 Å². The molecule has 0 fully saturated rings. The van der Waals surface area contributed by atoms with E-state index in [-0.39, 0.29) is 26.8 Å². The van der Waals surface area contributed by atoms with Crippen LogP contribution in [0.25, 0.3) is 0 Å². The molecule has 0 spiro atoms. The maximum atomic E-state index is 12.6. The molecular formula is C17H12N3O5S2-. The minimum absolute atomic E-state index is 0.0674. The maximum absolute atomic E-state index is 12.6. The number of amides is 1. The molecule has 0 aliphatic rings. The molecule has 0 aliphatic carbocycles. The van der Waals surface area contributed by atoms with E-state index in [0.29, 0.717) is 0 Å². The van der Waals surface area contributed by atoms with Gasteiger partial charge >= 0.3 is 0 Å². The topological polar surface area (TPSA) is 128 Å². The van der Waals surface area contributed by atoms with Crippen molar-refractivity contribution in [2.45, 2.75) is 4.90 Å². The molecule has 2 N–H and O–H groups in total. The van der Waals surface area contributed by atoms with Gasteiger partial charge in [0.25, 0.3) is 15.9 Å². The van der Waals surface area contributed by atoms with Crippen LogP contribution in [-0.2, 0) is 10.0 Å². The Morgan fingerprint density at radius 2 is 1.67 bits per heavy atom. The highest BCUT2D eigenvalue weighted by Gasteiger charge is 2.21. The lowest BCUT2D eigenvalue weighted by atomic mass is 10.1. The largest absolute Gasteiger partial charge is 0.545 e. The minimum atomic E-state index is -3.96. The second kappa shape index (κ2) is 7.56. The van der Waals surface area contributed by atoms with E-state index in [9.17, 15) is 23.1 Å². The molecule has 3 rings (SSSR count). The number of nitrogens with one attached hydrogen (secondary N) is 2. The number of benzene rings is 2. The summed E-state index contributed by atoms with van der Waals surface area (Å²) in [5, 5.41) is 15.1. The van der Waals surface area contributed by atoms with Gasteiger partial charge in [0.05, 0.1) is 11.7 Å². The summed E-state index contributed by atoms with van der Waals surface area (Å²) in [5.74, 6) is -1.94. The number of thiazole rings is 1. The number of carboxylic acid groups (broad SMARTS) is 1. The number of aromatic carboxylic acids is 1. The Kier molecular flexibility index (Phi) is 5.19. The molecule has 3 aromatic rings. The molecule has 138 valence electrons. The second-order valence-electron chi connectivity index (χ2n) is 5.26. The number of sulfonamides is 1. The Hall–Kier alpha value is -3.24. The van der Waals surface area contributed by atoms with Crippen molar-refractivity contribution < 1.29 is 23.1 Å². The van der Waals surface area contributed by atoms with Crippen LogP contribution in [0, 0.1) is 0 Å². The number of carbonyl (C=O) groups is 2. The highest BCUT2D eigenvalue weighted by molar-refractivity contribution is 7.93. The van der Waals surface area contributed by atoms with Crippen molar-refractivity contribution >= 4 is 44.1 Å². The molecule has 27 heavy (non-hydrogen) atoms. The van der Waals surface area contributed by atoms with E-state index in [2.05, 4.69) is 15.0 Å². The van der Waals surface area contributed by atoms with E-state index in [1.165, 1.54) is 48.7 Å². The van der Waals surface area contributed by atoms with E-state index in [1.807, 2.05) is 0 Å². The van der Waals surface area contributed by atoms with Gasteiger partial charge in [-0.15, -0.1) is 11.3 Å². The fraction of sp³-hybridized carbons (Fsp3) is 0. The Bertz CT molecular complexity index is 1080. The highest BCUT2D eigenvalue weighted by Crippen LogP contribution is 2.25. The first-order chi connectivity index (χ1) is 12.9. The number of anilines is 2. The summed E-state index contributed by atoms with van der Waals surface area (Å²) in [6.07, 6.45) is 1.46. The van der Waals surface area contributed by atoms with Crippen LogP contribution in [0.2, 0.25) is 0 Å². The van der Waals surface area contributed by atoms with Crippen molar-refractivity contribution in [1.82, 2.24) is 4.98 Å². The molecule has 0 saturated carbocycles. The Labute approximate surface area is 158 Å². The zero-order valence-corrected chi connectivity index (χ0v) is 15.2. The third-order valence-electron chi connectivity index (χ3n) is 3.46. The van der Waals surface area contributed by atoms with Gasteiger partial charge in [0.1, 0.15) is 4.90 Å². The lowest BCUT2D eigenvalue weighted by molar-refractivity contribution is -0.255. The molecule has 1 aromatic heterocycles. The van der Waals surface area contributed by atoms with Gasteiger partial charge < -0.3 is 15.2 Å². The van der Waals surface area contributed by atoms with Crippen molar-refractivity contribution in [3.63, 3.8) is 0 Å². The van der Waals surface area contributed by atoms with Gasteiger partial charge in [-0.1, -0.05) is 24.3 Å². The monoisotopic (exact) mass is 402 g/mol. The Balaban J connectivity index is 1.85. The van der Waals surface area contributed by atoms with Gasteiger partial charge in [0.15, 0.2) is 5.13 Å². The van der Waals surface area contributed by atoms with Crippen LogP contribution in [0.15, 0.2) is 65.0 Å². The van der Waals surface area contributed by atoms with Gasteiger partial charge in [-0.25, -0.2) is 13.4 Å². The summed E-state index contributed by atoms with van der Waals surface area (Å²) in [4.78, 5) is 26.9. The summed E-state index contributed by atoms with van der Waals surface area (Å²) in [6.45, 7) is 0. The van der Waals surface area contributed by atoms with Crippen molar-refractivity contribution in [2.24, 2.45) is 0 Å². The van der Waals surface area contributed by atoms with Crippen LogP contribution in [0.1, 0.15) is 20.7 Å². The van der Waals surface area contributed by atoms with E-state index in [4.69, 9.17) is 0 Å². The summed E-state index contributed by atoms with van der Waals surface area (Å²) in [6, 6.07) is 11.0. The predicted molar refractivity (Wildman–Crippen MR) is 98.1 cm³/mol. The van der Waals surface area contributed by atoms with E-state index >= 15 is 0 Å². The number of aromatic nitrogens is 1. The summed E-state index contributed by atoms with van der Waals surface area (Å²) < 4.78 is 27.5. The molecule has 0 saturated heterocycles. The van der Waals surface area contributed by atoms with Crippen LogP contribution >= 0.6 is 11.3 Å². The molecule has 10 heteroatoms. The van der Waals surface area contributed by atoms with E-state index in [1.54, 1.807) is 11.4 Å². The van der Waals surface area contributed by atoms with Crippen LogP contribution in [-0.4, -0.2) is 25.3 Å². The zero-order valence-electron chi connectivity index (χ0n) is 13.6. The van der Waals surface area contributed by atoms with Crippen molar-refractivity contribution in [3.05, 3.63) is 71.2 Å². The number of carbonyl (C=O) groups excluding carboxylic acids is 2. The first-order valence-corrected chi connectivity index (χ1v) is 9.87. The molecule has 8 nitrogen and oxygen atoms in total. The summed E-state index contributed by atoms with van der Waals surface area (Å²) >= 11 is 1.12. The number of hydrogen-bond donors (Lipinski definition) is 2. The lowest BCUT2D eigenvalue weighted by Gasteiger charge is -2.12. The predicted octanol–water partition coefficient (Wildman–Crippen LogP) is 1.56. The average Bonchev–Trinajstić information content (AvgIpc) is 3.14. The number of rotatable bonds is 6. The third kappa shape index (κ3) is 4.30. The average molecular weight is 402 g/mol. The molecule has 1 heterocycles. The van der Waals surface area contributed by atoms with Gasteiger partial charge in [-0.3, -0.25) is 9.52 Å². The zero-order chi connectivity index (χ0) is 19.4. The molecule has 0 aliphatic heterocycles. The molecule has 2 aromatic carbocycles. The fourth-order valence-corrected chi connectivity index (χ4v) is 4.15. The molecule has 0 bridgehead atoms. The van der Waals surface area contributed by atoms with E-state index in [0.717, 1.165) is 11.3 Å². The quantitative estimate of drug-likeness (QED) is 0.644. The summed E-state index contributed by atoms with van der Waals surface area (Å²) in [5.41, 5.74) is 0.179. The first-order valence-electron chi connectivity index (χ1n) is 7.51. The number of hydrogen-bond acceptors (Lipinski definition) is 7. The maximum Gasteiger partial charge on any atom is 0.265 e. The smallest absolute Gasteiger partial charge is 0.265 e. The van der Waals surface area contributed by atoms with Crippen LogP contribution < -0.4 is 15.1 Å². The molecule has 0 radical (unpaired) electrons. The standard InChI is InChI=1S/C17H13N3O5S2/c21-15(11-5-7-12(8-6-11)16(22)23)19-13-3-1-2-4-14(13)27(24,25)20-17-18-9-10-26-17/h1-10H,(H,18,20)(H,19,21)(H,22,23)/p-1. The van der Waals surface area contributed by atoms with Gasteiger partial charge in [0, 0.05) is 17.1 Å². The van der Waals surface area contributed by atoms with Crippen molar-refractivity contribution in [1.29, 1.82) is 0 Å². The number of nitrogens with zero attached hydrogens (tertiary/aromatic N) is 1. The lowest BCUT2D eigenvalue weighted by Crippen LogP contribution is -2.22. The fourth-order valence-electron chi connectivity index (χ4n) is 2.20. The third-order valence-corrected chi connectivity index (χ3v) is 5.68. The van der Waals surface area contributed by atoms with E-state index < -0.39 is 21.9 Å². The normalized spacial score (nSPS) is 11.0. The van der Waals surface area contributed by atoms with Crippen molar-refractivity contribution in [3.8, 4) is 0 Å². The van der Waals surface area contributed by atoms with Crippen molar-refractivity contribution in [2.75, 3.05) is 10.0 Å². The SMILES string of the molecule is O=C([O-])c1ccc(C(=O)Nc2ccccc2S(=O)(=O)Nc2nccs2)cc1. The van der Waals surface area contributed by atoms with Crippen LogP contribution in [0.3, 0.4) is 0 Å². The van der Waals surface area contributed by atoms with Gasteiger partial charge in [-0.05, 0) is 29.8 Å². The minimum Gasteiger partial charge on any atom is -0.545 e. The molecule has 1 amide bonds. The molecule has 0 unspecified atom stereocenters. The number of para-hydroxylation sites is 1. The second-order valence-corrected chi connectivity index (χ2v) is 7.80. The van der Waals surface area contributed by atoms with Gasteiger partial charge in [-0.2, -0.15) is 0 Å². The van der Waals surface area contributed by atoms with Gasteiger partial charge in [0.2, 0.25) is 0 Å².